The van der Waals surface area contributed by atoms with Crippen LogP contribution in [0, 0.1) is 0 Å². The molecule has 1 saturated heterocycles. The van der Waals surface area contributed by atoms with Crippen molar-refractivity contribution in [3.63, 3.8) is 0 Å². The third-order valence-electron chi connectivity index (χ3n) is 6.36. The monoisotopic (exact) mass is 458 g/mol. The summed E-state index contributed by atoms with van der Waals surface area (Å²) >= 11 is 0. The van der Waals surface area contributed by atoms with Crippen LogP contribution in [-0.2, 0) is 21.7 Å². The van der Waals surface area contributed by atoms with Gasteiger partial charge < -0.3 is 19.7 Å². The Balaban J connectivity index is 1.68. The van der Waals surface area contributed by atoms with E-state index in [-0.39, 0.29) is 18.2 Å². The smallest absolute Gasteiger partial charge is 0.277 e. The third kappa shape index (κ3) is 3.18. The predicted molar refractivity (Wildman–Crippen MR) is 128 cm³/mol. The van der Waals surface area contributed by atoms with Gasteiger partial charge in [0.15, 0.2) is 0 Å². The minimum absolute atomic E-state index is 0.163. The first-order valence-corrected chi connectivity index (χ1v) is 11.0. The second kappa shape index (κ2) is 8.39. The molecule has 0 saturated carbocycles. The van der Waals surface area contributed by atoms with E-state index in [0.29, 0.717) is 35.1 Å². The van der Waals surface area contributed by atoms with Gasteiger partial charge in [-0.25, -0.2) is 5.01 Å². The highest BCUT2D eigenvalue weighted by atomic mass is 16.5. The fourth-order valence-corrected chi connectivity index (χ4v) is 4.91. The van der Waals surface area contributed by atoms with Gasteiger partial charge >= 0.3 is 0 Å². The molecule has 5 rings (SSSR count). The lowest BCUT2D eigenvalue weighted by Crippen LogP contribution is -2.59. The first kappa shape index (κ1) is 21.8. The van der Waals surface area contributed by atoms with Gasteiger partial charge in [0, 0.05) is 24.4 Å². The van der Waals surface area contributed by atoms with Gasteiger partial charge in [0.1, 0.15) is 11.5 Å². The number of carbonyl (C=O) groups excluding carboxylic acids is 2. The van der Waals surface area contributed by atoms with E-state index in [9.17, 15) is 9.59 Å². The molecule has 0 aliphatic carbocycles. The van der Waals surface area contributed by atoms with Crippen molar-refractivity contribution in [2.24, 2.45) is 0 Å². The molecule has 3 aromatic carbocycles. The summed E-state index contributed by atoms with van der Waals surface area (Å²) in [7, 11) is 4.98. The first-order chi connectivity index (χ1) is 16.5. The highest BCUT2D eigenvalue weighted by Gasteiger charge is 2.63. The molecular formula is C26H26N4O4. The number of rotatable bonds is 5. The van der Waals surface area contributed by atoms with Crippen LogP contribution < -0.4 is 19.7 Å². The minimum atomic E-state index is -1.40. The molecule has 1 fully saturated rings. The topological polar surface area (TPSA) is 74.4 Å². The van der Waals surface area contributed by atoms with Gasteiger partial charge in [0.05, 0.1) is 33.0 Å². The molecule has 0 aromatic heterocycles. The maximum atomic E-state index is 13.8. The summed E-state index contributed by atoms with van der Waals surface area (Å²) in [5, 5.41) is 6.36. The molecule has 2 heterocycles. The van der Waals surface area contributed by atoms with Crippen molar-refractivity contribution in [2.45, 2.75) is 12.1 Å². The van der Waals surface area contributed by atoms with Gasteiger partial charge in [0.2, 0.25) is 11.6 Å². The summed E-state index contributed by atoms with van der Waals surface area (Å²) in [6, 6.07) is 22.5. The molecular weight excluding hydrogens is 432 g/mol. The van der Waals surface area contributed by atoms with Crippen molar-refractivity contribution < 1.29 is 19.1 Å². The molecule has 1 unspecified atom stereocenters. The molecule has 1 N–H and O–H groups in total. The van der Waals surface area contributed by atoms with Gasteiger partial charge in [-0.15, -0.1) is 0 Å². The zero-order chi connectivity index (χ0) is 23.9. The zero-order valence-electron chi connectivity index (χ0n) is 19.3. The Hall–Kier alpha value is -4.04. The predicted octanol–water partition coefficient (Wildman–Crippen LogP) is 3.20. The number of anilines is 2. The van der Waals surface area contributed by atoms with Crippen LogP contribution in [0.3, 0.4) is 0 Å². The highest BCUT2D eigenvalue weighted by molar-refractivity contribution is 6.10. The van der Waals surface area contributed by atoms with Crippen molar-refractivity contribution >= 4 is 23.2 Å². The summed E-state index contributed by atoms with van der Waals surface area (Å²) in [5.41, 5.74) is 1.54. The molecule has 34 heavy (non-hydrogen) atoms. The van der Waals surface area contributed by atoms with Crippen molar-refractivity contribution in [2.75, 3.05) is 38.2 Å². The van der Waals surface area contributed by atoms with E-state index in [0.717, 1.165) is 5.56 Å². The lowest BCUT2D eigenvalue weighted by Gasteiger charge is -2.40. The Morgan fingerprint density at radius 3 is 2.47 bits per heavy atom. The number of para-hydroxylation sites is 1. The van der Waals surface area contributed by atoms with Gasteiger partial charge in [-0.3, -0.25) is 9.59 Å². The van der Waals surface area contributed by atoms with E-state index in [2.05, 4.69) is 5.32 Å². The number of nitrogens with one attached hydrogen (secondary N) is 1. The third-order valence-corrected chi connectivity index (χ3v) is 6.36. The van der Waals surface area contributed by atoms with Crippen LogP contribution >= 0.6 is 0 Å². The van der Waals surface area contributed by atoms with Gasteiger partial charge in [-0.1, -0.05) is 48.5 Å². The largest absolute Gasteiger partial charge is 0.497 e. The number of fused-ring (bicyclic) bond motifs is 2. The summed E-state index contributed by atoms with van der Waals surface area (Å²) in [4.78, 5) is 29.5. The van der Waals surface area contributed by atoms with Crippen LogP contribution in [0.2, 0.25) is 0 Å². The zero-order valence-corrected chi connectivity index (χ0v) is 19.3. The quantitative estimate of drug-likeness (QED) is 0.633. The van der Waals surface area contributed by atoms with Crippen LogP contribution in [0.4, 0.5) is 11.4 Å². The van der Waals surface area contributed by atoms with Gasteiger partial charge in [0.25, 0.3) is 5.91 Å². The van der Waals surface area contributed by atoms with E-state index in [1.165, 1.54) is 0 Å². The molecule has 8 heteroatoms. The average Bonchev–Trinajstić information content (AvgIpc) is 3.33. The molecule has 2 amide bonds. The fourth-order valence-electron chi connectivity index (χ4n) is 4.91. The minimum Gasteiger partial charge on any atom is -0.497 e. The maximum Gasteiger partial charge on any atom is 0.277 e. The van der Waals surface area contributed by atoms with Crippen LogP contribution in [0.1, 0.15) is 11.1 Å². The lowest BCUT2D eigenvalue weighted by molar-refractivity contribution is -0.157. The fraction of sp³-hybridized carbons (Fsp3) is 0.231. The van der Waals surface area contributed by atoms with E-state index in [1.54, 1.807) is 30.3 Å². The Morgan fingerprint density at radius 2 is 1.74 bits per heavy atom. The normalized spacial score (nSPS) is 19.3. The number of hydrogen-bond acceptors (Lipinski definition) is 6. The van der Waals surface area contributed by atoms with Crippen molar-refractivity contribution in [3.05, 3.63) is 83.9 Å². The van der Waals surface area contributed by atoms with Crippen LogP contribution in [-0.4, -0.2) is 49.8 Å². The van der Waals surface area contributed by atoms with Gasteiger partial charge in [-0.2, -0.15) is 5.01 Å². The van der Waals surface area contributed by atoms with Gasteiger partial charge in [-0.05, 0) is 23.8 Å². The average molecular weight is 459 g/mol. The first-order valence-electron chi connectivity index (χ1n) is 11.0. The molecule has 2 aliphatic heterocycles. The molecule has 1 atom stereocenters. The van der Waals surface area contributed by atoms with Crippen molar-refractivity contribution in [3.8, 4) is 11.5 Å². The van der Waals surface area contributed by atoms with Crippen LogP contribution in [0.25, 0.3) is 0 Å². The van der Waals surface area contributed by atoms with E-state index in [4.69, 9.17) is 9.47 Å². The van der Waals surface area contributed by atoms with E-state index >= 15 is 0 Å². The summed E-state index contributed by atoms with van der Waals surface area (Å²) in [6.45, 7) is 0.297. The Morgan fingerprint density at radius 1 is 1.00 bits per heavy atom. The number of amides is 2. The number of hydrogen-bond donors (Lipinski definition) is 1. The second-order valence-corrected chi connectivity index (χ2v) is 8.30. The molecule has 1 spiro atoms. The van der Waals surface area contributed by atoms with E-state index < -0.39 is 5.66 Å². The highest BCUT2D eigenvalue weighted by Crippen LogP contribution is 2.51. The number of ether oxygens (including phenoxy) is 2. The molecule has 8 nitrogen and oxygen atoms in total. The SMILES string of the molecule is COc1ccc(N2CN(C)N(C(=O)Cc3ccccc3)C23C(=O)Nc2ccccc23)c(OC)c1. The van der Waals surface area contributed by atoms with Crippen molar-refractivity contribution in [1.29, 1.82) is 0 Å². The molecule has 2 aliphatic rings. The Kier molecular flexibility index (Phi) is 5.37. The standard InChI is InChI=1S/C26H26N4O4/c1-28-17-29(22-14-13-19(33-2)16-23(22)34-3)26(20-11-7-8-12-21(20)27-25(26)32)30(28)24(31)15-18-9-5-4-6-10-18/h4-14,16H,15,17H2,1-3H3,(H,27,32). The summed E-state index contributed by atoms with van der Waals surface area (Å²) in [6.07, 6.45) is 0.163. The maximum absolute atomic E-state index is 13.8. The number of benzene rings is 3. The summed E-state index contributed by atoms with van der Waals surface area (Å²) < 4.78 is 11.0. The van der Waals surface area contributed by atoms with Crippen molar-refractivity contribution in [1.82, 2.24) is 10.0 Å². The molecule has 0 radical (unpaired) electrons. The number of hydrazine groups is 1. The number of nitrogens with zero attached hydrogens (tertiary/aromatic N) is 3. The Bertz CT molecular complexity index is 1250. The Labute approximate surface area is 198 Å². The summed E-state index contributed by atoms with van der Waals surface area (Å²) in [5.74, 6) is 0.699. The van der Waals surface area contributed by atoms with E-state index in [1.807, 2.05) is 78.7 Å². The van der Waals surface area contributed by atoms with Crippen LogP contribution in [0.15, 0.2) is 72.8 Å². The molecule has 3 aromatic rings. The lowest BCUT2D eigenvalue weighted by atomic mass is 9.97. The molecule has 174 valence electrons. The second-order valence-electron chi connectivity index (χ2n) is 8.30. The number of carbonyl (C=O) groups is 2. The number of methoxy groups -OCH3 is 2. The molecule has 0 bridgehead atoms. The van der Waals surface area contributed by atoms with Crippen LogP contribution in [0.5, 0.6) is 11.5 Å².